The van der Waals surface area contributed by atoms with Crippen LogP contribution in [-0.2, 0) is 6.54 Å². The van der Waals surface area contributed by atoms with Crippen molar-refractivity contribution < 1.29 is 4.79 Å². The van der Waals surface area contributed by atoms with E-state index in [0.717, 1.165) is 38.2 Å². The number of piperidine rings is 1. The summed E-state index contributed by atoms with van der Waals surface area (Å²) in [5, 5.41) is 11.7. The minimum absolute atomic E-state index is 0.163. The van der Waals surface area contributed by atoms with E-state index in [-0.39, 0.29) is 11.9 Å². The van der Waals surface area contributed by atoms with Crippen LogP contribution >= 0.6 is 11.6 Å². The molecule has 0 aliphatic carbocycles. The number of likely N-dealkylation sites (tertiary alicyclic amines) is 1. The summed E-state index contributed by atoms with van der Waals surface area (Å²) >= 11 is 6.01. The lowest BCUT2D eigenvalue weighted by molar-refractivity contribution is 0.0904. The number of hydrogen-bond donors (Lipinski definition) is 1. The van der Waals surface area contributed by atoms with Gasteiger partial charge in [-0.25, -0.2) is 4.68 Å². The van der Waals surface area contributed by atoms with Gasteiger partial charge in [0.2, 0.25) is 0 Å². The summed E-state index contributed by atoms with van der Waals surface area (Å²) in [6.07, 6.45) is 3.49. The lowest BCUT2D eigenvalue weighted by Crippen LogP contribution is -2.44. The van der Waals surface area contributed by atoms with E-state index >= 15 is 0 Å². The highest BCUT2D eigenvalue weighted by Gasteiger charge is 2.22. The Morgan fingerprint density at radius 3 is 2.64 bits per heavy atom. The van der Waals surface area contributed by atoms with Gasteiger partial charge in [0.05, 0.1) is 11.9 Å². The second-order valence-corrected chi connectivity index (χ2v) is 7.47. The summed E-state index contributed by atoms with van der Waals surface area (Å²) in [5.41, 5.74) is 2.41. The summed E-state index contributed by atoms with van der Waals surface area (Å²) in [7, 11) is 0. The minimum Gasteiger partial charge on any atom is -0.348 e. The van der Waals surface area contributed by atoms with Gasteiger partial charge in [0.1, 0.15) is 0 Å². The lowest BCUT2D eigenvalue weighted by Gasteiger charge is -2.32. The fourth-order valence-electron chi connectivity index (χ4n) is 3.45. The molecule has 4 rings (SSSR count). The van der Waals surface area contributed by atoms with Gasteiger partial charge in [0.15, 0.2) is 5.69 Å². The first-order valence-electron chi connectivity index (χ1n) is 9.43. The van der Waals surface area contributed by atoms with Crippen LogP contribution in [0.4, 0.5) is 0 Å². The van der Waals surface area contributed by atoms with Crippen molar-refractivity contribution in [2.24, 2.45) is 0 Å². The van der Waals surface area contributed by atoms with Crippen LogP contribution in [0.3, 0.4) is 0 Å². The van der Waals surface area contributed by atoms with E-state index in [1.807, 2.05) is 18.2 Å². The molecular weight excluding hydrogens is 374 g/mol. The average molecular weight is 396 g/mol. The molecule has 2 heterocycles. The molecule has 0 spiro atoms. The van der Waals surface area contributed by atoms with Crippen molar-refractivity contribution in [3.05, 3.63) is 77.1 Å². The molecule has 0 radical (unpaired) electrons. The van der Waals surface area contributed by atoms with E-state index < -0.39 is 0 Å². The fraction of sp³-hybridized carbons (Fsp3) is 0.286. The maximum Gasteiger partial charge on any atom is 0.273 e. The van der Waals surface area contributed by atoms with Crippen molar-refractivity contribution in [3.8, 4) is 5.69 Å². The number of carbonyl (C=O) groups excluding carboxylic acids is 1. The third kappa shape index (κ3) is 4.58. The van der Waals surface area contributed by atoms with Crippen LogP contribution in [0, 0.1) is 0 Å². The topological polar surface area (TPSA) is 63.1 Å². The van der Waals surface area contributed by atoms with Gasteiger partial charge in [-0.3, -0.25) is 9.69 Å². The minimum atomic E-state index is -0.185. The van der Waals surface area contributed by atoms with E-state index in [0.29, 0.717) is 10.7 Å². The standard InChI is InChI=1S/C21H22ClN5O/c22-17-7-4-8-19(13-17)27-15-20(24-25-27)21(28)23-18-9-11-26(12-10-18)14-16-5-2-1-3-6-16/h1-8,13,15,18H,9-12,14H2,(H,23,28). The van der Waals surface area contributed by atoms with Gasteiger partial charge in [0, 0.05) is 30.7 Å². The summed E-state index contributed by atoms with van der Waals surface area (Å²) in [5.74, 6) is -0.185. The smallest absolute Gasteiger partial charge is 0.273 e. The molecule has 1 amide bonds. The Morgan fingerprint density at radius 1 is 1.11 bits per heavy atom. The highest BCUT2D eigenvalue weighted by Crippen LogP contribution is 2.16. The van der Waals surface area contributed by atoms with Crippen LogP contribution in [0.25, 0.3) is 5.69 Å². The molecule has 144 valence electrons. The Bertz CT molecular complexity index is 935. The van der Waals surface area contributed by atoms with Crippen molar-refractivity contribution >= 4 is 17.5 Å². The van der Waals surface area contributed by atoms with Crippen molar-refractivity contribution in [2.45, 2.75) is 25.4 Å². The Balaban J connectivity index is 1.30. The molecule has 1 aromatic heterocycles. The molecule has 28 heavy (non-hydrogen) atoms. The third-order valence-electron chi connectivity index (χ3n) is 4.97. The van der Waals surface area contributed by atoms with E-state index in [1.54, 1.807) is 23.0 Å². The number of hydrogen-bond acceptors (Lipinski definition) is 4. The second kappa shape index (κ2) is 8.54. The Kier molecular flexibility index (Phi) is 5.69. The first-order valence-corrected chi connectivity index (χ1v) is 9.80. The Hall–Kier alpha value is -2.70. The number of halogens is 1. The summed E-state index contributed by atoms with van der Waals surface area (Å²) in [6.45, 7) is 2.89. The summed E-state index contributed by atoms with van der Waals surface area (Å²) < 4.78 is 1.56. The average Bonchev–Trinajstić information content (AvgIpc) is 3.21. The zero-order valence-electron chi connectivity index (χ0n) is 15.5. The number of carbonyl (C=O) groups is 1. The number of rotatable bonds is 5. The Labute approximate surface area is 169 Å². The quantitative estimate of drug-likeness (QED) is 0.719. The number of benzene rings is 2. The molecule has 3 aromatic rings. The predicted octanol–water partition coefficient (Wildman–Crippen LogP) is 3.32. The van der Waals surface area contributed by atoms with Gasteiger partial charge in [-0.05, 0) is 36.6 Å². The van der Waals surface area contributed by atoms with Crippen molar-refractivity contribution in [3.63, 3.8) is 0 Å². The molecule has 0 bridgehead atoms. The van der Waals surface area contributed by atoms with Crippen LogP contribution in [0.1, 0.15) is 28.9 Å². The van der Waals surface area contributed by atoms with E-state index in [1.165, 1.54) is 5.56 Å². The highest BCUT2D eigenvalue weighted by atomic mass is 35.5. The van der Waals surface area contributed by atoms with Gasteiger partial charge >= 0.3 is 0 Å². The number of aromatic nitrogens is 3. The summed E-state index contributed by atoms with van der Waals surface area (Å²) in [4.78, 5) is 15.0. The zero-order valence-corrected chi connectivity index (χ0v) is 16.2. The maximum absolute atomic E-state index is 12.5. The predicted molar refractivity (Wildman–Crippen MR) is 109 cm³/mol. The Morgan fingerprint density at radius 2 is 1.89 bits per heavy atom. The molecule has 1 N–H and O–H groups in total. The zero-order chi connectivity index (χ0) is 19.3. The normalized spacial score (nSPS) is 15.5. The van der Waals surface area contributed by atoms with Crippen LogP contribution in [0.15, 0.2) is 60.8 Å². The van der Waals surface area contributed by atoms with E-state index in [9.17, 15) is 4.79 Å². The molecule has 1 saturated heterocycles. The molecule has 0 unspecified atom stereocenters. The van der Waals surface area contributed by atoms with Crippen LogP contribution in [0.5, 0.6) is 0 Å². The third-order valence-corrected chi connectivity index (χ3v) is 5.21. The number of nitrogens with one attached hydrogen (secondary N) is 1. The van der Waals surface area contributed by atoms with E-state index in [4.69, 9.17) is 11.6 Å². The fourth-order valence-corrected chi connectivity index (χ4v) is 3.63. The number of amides is 1. The molecule has 7 heteroatoms. The van der Waals surface area contributed by atoms with Gasteiger partial charge in [-0.2, -0.15) is 0 Å². The molecular formula is C21H22ClN5O. The van der Waals surface area contributed by atoms with Crippen LogP contribution in [0.2, 0.25) is 5.02 Å². The summed E-state index contributed by atoms with van der Waals surface area (Å²) in [6, 6.07) is 17.9. The second-order valence-electron chi connectivity index (χ2n) is 7.04. The SMILES string of the molecule is O=C(NC1CCN(Cc2ccccc2)CC1)c1cn(-c2cccc(Cl)c2)nn1. The molecule has 0 saturated carbocycles. The molecule has 6 nitrogen and oxygen atoms in total. The molecule has 2 aromatic carbocycles. The van der Waals surface area contributed by atoms with Gasteiger partial charge < -0.3 is 5.32 Å². The van der Waals surface area contributed by atoms with Crippen molar-refractivity contribution in [1.82, 2.24) is 25.2 Å². The van der Waals surface area contributed by atoms with Crippen molar-refractivity contribution in [2.75, 3.05) is 13.1 Å². The largest absolute Gasteiger partial charge is 0.348 e. The monoisotopic (exact) mass is 395 g/mol. The molecule has 1 aliphatic rings. The van der Waals surface area contributed by atoms with E-state index in [2.05, 4.69) is 44.8 Å². The van der Waals surface area contributed by atoms with Crippen LogP contribution < -0.4 is 5.32 Å². The molecule has 1 fully saturated rings. The highest BCUT2D eigenvalue weighted by molar-refractivity contribution is 6.30. The first kappa shape index (κ1) is 18.7. The number of nitrogens with zero attached hydrogens (tertiary/aromatic N) is 4. The van der Waals surface area contributed by atoms with Gasteiger partial charge in [0.25, 0.3) is 5.91 Å². The van der Waals surface area contributed by atoms with Gasteiger partial charge in [-0.1, -0.05) is 53.2 Å². The van der Waals surface area contributed by atoms with Gasteiger partial charge in [-0.15, -0.1) is 5.10 Å². The first-order chi connectivity index (χ1) is 13.7. The molecule has 1 aliphatic heterocycles. The van der Waals surface area contributed by atoms with Crippen molar-refractivity contribution in [1.29, 1.82) is 0 Å². The van der Waals surface area contributed by atoms with Crippen LogP contribution in [-0.4, -0.2) is 44.9 Å². The maximum atomic E-state index is 12.5. The lowest BCUT2D eigenvalue weighted by atomic mass is 10.0. The molecule has 0 atom stereocenters.